The molecule has 0 aromatic heterocycles. The number of likely N-dealkylation sites (tertiary alicyclic amines) is 1. The minimum atomic E-state index is -0.497. The molecule has 0 unspecified atom stereocenters. The molecule has 0 aromatic rings. The van der Waals surface area contributed by atoms with Crippen molar-refractivity contribution in [1.82, 2.24) is 15.5 Å². The fourth-order valence-electron chi connectivity index (χ4n) is 2.62. The van der Waals surface area contributed by atoms with Crippen LogP contribution in [0.4, 0.5) is 9.59 Å². The third-order valence-corrected chi connectivity index (χ3v) is 3.73. The molecule has 1 atom stereocenters. The summed E-state index contributed by atoms with van der Waals surface area (Å²) >= 11 is 0. The van der Waals surface area contributed by atoms with Crippen molar-refractivity contribution in [3.8, 4) is 0 Å². The number of carbonyl (C=O) groups excluding carboxylic acids is 2. The molecular weight excluding hydrogens is 286 g/mol. The lowest BCUT2D eigenvalue weighted by Crippen LogP contribution is -2.48. The van der Waals surface area contributed by atoms with Gasteiger partial charge in [0, 0.05) is 38.4 Å². The quantitative estimate of drug-likeness (QED) is 0.809. The standard InChI is InChI=1S/C15H27N3O4/c1-15(2,3)22-14(20)18-7-4-12(10-18)17-13(19)16-11-5-8-21-9-6-11/h11-12H,4-10H2,1-3H3,(H2,16,17,19)/t12-/m1/s1. The summed E-state index contributed by atoms with van der Waals surface area (Å²) < 4.78 is 10.6. The van der Waals surface area contributed by atoms with Crippen LogP contribution in [-0.4, -0.2) is 61.0 Å². The molecular formula is C15H27N3O4. The molecule has 126 valence electrons. The van der Waals surface area contributed by atoms with Gasteiger partial charge in [-0.25, -0.2) is 9.59 Å². The topological polar surface area (TPSA) is 79.9 Å². The van der Waals surface area contributed by atoms with E-state index in [0.717, 1.165) is 19.3 Å². The predicted molar refractivity (Wildman–Crippen MR) is 81.7 cm³/mol. The van der Waals surface area contributed by atoms with E-state index in [1.54, 1.807) is 4.90 Å². The SMILES string of the molecule is CC(C)(C)OC(=O)N1CC[C@@H](NC(=O)NC2CCOCC2)C1. The molecule has 0 aliphatic carbocycles. The van der Waals surface area contributed by atoms with Crippen LogP contribution in [0.1, 0.15) is 40.0 Å². The van der Waals surface area contributed by atoms with Crippen molar-refractivity contribution < 1.29 is 19.1 Å². The summed E-state index contributed by atoms with van der Waals surface area (Å²) in [6.07, 6.45) is 2.13. The fourth-order valence-corrected chi connectivity index (χ4v) is 2.62. The Labute approximate surface area is 131 Å². The van der Waals surface area contributed by atoms with Crippen molar-refractivity contribution in [3.05, 3.63) is 0 Å². The van der Waals surface area contributed by atoms with E-state index < -0.39 is 5.60 Å². The second kappa shape index (κ2) is 7.17. The first-order chi connectivity index (χ1) is 10.3. The highest BCUT2D eigenvalue weighted by Gasteiger charge is 2.30. The number of nitrogens with one attached hydrogen (secondary N) is 2. The smallest absolute Gasteiger partial charge is 0.410 e. The Morgan fingerprint density at radius 3 is 2.36 bits per heavy atom. The summed E-state index contributed by atoms with van der Waals surface area (Å²) in [5, 5.41) is 5.90. The zero-order chi connectivity index (χ0) is 16.2. The Balaban J connectivity index is 1.71. The Morgan fingerprint density at radius 2 is 1.73 bits per heavy atom. The van der Waals surface area contributed by atoms with Gasteiger partial charge in [0.15, 0.2) is 0 Å². The summed E-state index contributed by atoms with van der Waals surface area (Å²) in [7, 11) is 0. The van der Waals surface area contributed by atoms with Gasteiger partial charge >= 0.3 is 12.1 Å². The number of rotatable bonds is 2. The second-order valence-corrected chi connectivity index (χ2v) is 6.92. The number of carbonyl (C=O) groups is 2. The van der Waals surface area contributed by atoms with Crippen LogP contribution in [0.5, 0.6) is 0 Å². The molecule has 0 bridgehead atoms. The molecule has 0 saturated carbocycles. The second-order valence-electron chi connectivity index (χ2n) is 6.92. The lowest BCUT2D eigenvalue weighted by molar-refractivity contribution is 0.0291. The average Bonchev–Trinajstić information content (AvgIpc) is 2.86. The Bertz CT molecular complexity index is 402. The third-order valence-electron chi connectivity index (χ3n) is 3.73. The first-order valence-electron chi connectivity index (χ1n) is 7.96. The normalized spacial score (nSPS) is 23.2. The molecule has 0 spiro atoms. The predicted octanol–water partition coefficient (Wildman–Crippen LogP) is 1.47. The Kier molecular flexibility index (Phi) is 5.50. The van der Waals surface area contributed by atoms with Crippen molar-refractivity contribution in [1.29, 1.82) is 0 Å². The molecule has 2 N–H and O–H groups in total. The number of ether oxygens (including phenoxy) is 2. The van der Waals surface area contributed by atoms with Crippen molar-refractivity contribution in [2.45, 2.75) is 57.7 Å². The Hall–Kier alpha value is -1.50. The van der Waals surface area contributed by atoms with Crippen LogP contribution in [0.15, 0.2) is 0 Å². The molecule has 0 radical (unpaired) electrons. The maximum atomic E-state index is 12.0. The largest absolute Gasteiger partial charge is 0.444 e. The average molecular weight is 313 g/mol. The summed E-state index contributed by atoms with van der Waals surface area (Å²) in [5.74, 6) is 0. The van der Waals surface area contributed by atoms with Gasteiger partial charge in [0.05, 0.1) is 0 Å². The minimum Gasteiger partial charge on any atom is -0.444 e. The first kappa shape index (κ1) is 16.9. The van der Waals surface area contributed by atoms with Gasteiger partial charge in [0.25, 0.3) is 0 Å². The lowest BCUT2D eigenvalue weighted by atomic mass is 10.1. The molecule has 2 rings (SSSR count). The van der Waals surface area contributed by atoms with Crippen molar-refractivity contribution in [2.24, 2.45) is 0 Å². The van der Waals surface area contributed by atoms with E-state index in [2.05, 4.69) is 10.6 Å². The van der Waals surface area contributed by atoms with E-state index in [9.17, 15) is 9.59 Å². The minimum absolute atomic E-state index is 0.0210. The summed E-state index contributed by atoms with van der Waals surface area (Å²) in [4.78, 5) is 25.6. The zero-order valence-electron chi connectivity index (χ0n) is 13.7. The van der Waals surface area contributed by atoms with Crippen molar-refractivity contribution in [3.63, 3.8) is 0 Å². The van der Waals surface area contributed by atoms with Gasteiger partial charge in [-0.05, 0) is 40.0 Å². The van der Waals surface area contributed by atoms with Gasteiger partial charge in [0.2, 0.25) is 0 Å². The number of hydrogen-bond donors (Lipinski definition) is 2. The van der Waals surface area contributed by atoms with Gasteiger partial charge in [0.1, 0.15) is 5.60 Å². The van der Waals surface area contributed by atoms with E-state index in [1.165, 1.54) is 0 Å². The number of hydrogen-bond acceptors (Lipinski definition) is 4. The van der Waals surface area contributed by atoms with Gasteiger partial charge in [-0.2, -0.15) is 0 Å². The monoisotopic (exact) mass is 313 g/mol. The van der Waals surface area contributed by atoms with Crippen LogP contribution in [0.2, 0.25) is 0 Å². The molecule has 2 aliphatic heterocycles. The molecule has 2 heterocycles. The zero-order valence-corrected chi connectivity index (χ0v) is 13.7. The van der Waals surface area contributed by atoms with E-state index in [0.29, 0.717) is 26.3 Å². The molecule has 22 heavy (non-hydrogen) atoms. The highest BCUT2D eigenvalue weighted by atomic mass is 16.6. The van der Waals surface area contributed by atoms with Crippen molar-refractivity contribution in [2.75, 3.05) is 26.3 Å². The van der Waals surface area contributed by atoms with Crippen molar-refractivity contribution >= 4 is 12.1 Å². The van der Waals surface area contributed by atoms with E-state index >= 15 is 0 Å². The van der Waals surface area contributed by atoms with Crippen LogP contribution in [-0.2, 0) is 9.47 Å². The highest BCUT2D eigenvalue weighted by Crippen LogP contribution is 2.15. The van der Waals surface area contributed by atoms with E-state index in [1.807, 2.05) is 20.8 Å². The van der Waals surface area contributed by atoms with Gasteiger partial charge in [-0.15, -0.1) is 0 Å². The van der Waals surface area contributed by atoms with E-state index in [4.69, 9.17) is 9.47 Å². The van der Waals surface area contributed by atoms with Crippen LogP contribution in [0, 0.1) is 0 Å². The maximum Gasteiger partial charge on any atom is 0.410 e. The molecule has 3 amide bonds. The third kappa shape index (κ3) is 5.36. The van der Waals surface area contributed by atoms with Crippen LogP contribution in [0.25, 0.3) is 0 Å². The van der Waals surface area contributed by atoms with Crippen LogP contribution in [0.3, 0.4) is 0 Å². The molecule has 2 saturated heterocycles. The summed E-state index contributed by atoms with van der Waals surface area (Å²) in [6, 6.07) is -0.00703. The Morgan fingerprint density at radius 1 is 1.09 bits per heavy atom. The first-order valence-corrected chi connectivity index (χ1v) is 7.96. The van der Waals surface area contributed by atoms with Crippen LogP contribution < -0.4 is 10.6 Å². The number of amides is 3. The molecule has 7 heteroatoms. The van der Waals surface area contributed by atoms with E-state index in [-0.39, 0.29) is 24.2 Å². The molecule has 0 aromatic carbocycles. The summed E-state index contributed by atoms with van der Waals surface area (Å²) in [6.45, 7) is 8.03. The lowest BCUT2D eigenvalue weighted by Gasteiger charge is -2.25. The maximum absolute atomic E-state index is 12.0. The van der Waals surface area contributed by atoms with Gasteiger partial charge in [-0.1, -0.05) is 0 Å². The number of nitrogens with zero attached hydrogens (tertiary/aromatic N) is 1. The molecule has 2 aliphatic rings. The summed E-state index contributed by atoms with van der Waals surface area (Å²) in [5.41, 5.74) is -0.497. The number of urea groups is 1. The molecule has 2 fully saturated rings. The van der Waals surface area contributed by atoms with Gasteiger partial charge < -0.3 is 25.0 Å². The molecule has 7 nitrogen and oxygen atoms in total. The highest BCUT2D eigenvalue weighted by molar-refractivity contribution is 5.75. The fraction of sp³-hybridized carbons (Fsp3) is 0.867. The van der Waals surface area contributed by atoms with Gasteiger partial charge in [-0.3, -0.25) is 0 Å². The van der Waals surface area contributed by atoms with Crippen LogP contribution >= 0.6 is 0 Å².